The van der Waals surface area contributed by atoms with Gasteiger partial charge < -0.3 is 24.6 Å². The lowest BCUT2D eigenvalue weighted by Gasteiger charge is -2.16. The van der Waals surface area contributed by atoms with Crippen LogP contribution in [0.25, 0.3) is 0 Å². The number of ether oxygens (including phenoxy) is 3. The summed E-state index contributed by atoms with van der Waals surface area (Å²) in [4.78, 5) is 11.0. The molecule has 104 valence electrons. The lowest BCUT2D eigenvalue weighted by atomic mass is 10.2. The first-order valence-corrected chi connectivity index (χ1v) is 6.08. The fourth-order valence-electron chi connectivity index (χ4n) is 1.80. The number of carboxylic acids is 1. The van der Waals surface area contributed by atoms with Crippen molar-refractivity contribution in [2.45, 2.75) is 12.5 Å². The van der Waals surface area contributed by atoms with Gasteiger partial charge in [-0.1, -0.05) is 0 Å². The fourth-order valence-corrected chi connectivity index (χ4v) is 1.80. The van der Waals surface area contributed by atoms with Gasteiger partial charge in [-0.2, -0.15) is 0 Å². The summed E-state index contributed by atoms with van der Waals surface area (Å²) >= 11 is 0. The molecule has 6 nitrogen and oxygen atoms in total. The summed E-state index contributed by atoms with van der Waals surface area (Å²) < 4.78 is 15.9. The molecule has 0 saturated heterocycles. The van der Waals surface area contributed by atoms with Crippen LogP contribution in [-0.4, -0.2) is 44.0 Å². The Morgan fingerprint density at radius 3 is 2.84 bits per heavy atom. The minimum atomic E-state index is -0.964. The van der Waals surface area contributed by atoms with E-state index < -0.39 is 12.0 Å². The van der Waals surface area contributed by atoms with Crippen LogP contribution < -0.4 is 14.8 Å². The monoisotopic (exact) mass is 267 g/mol. The maximum Gasteiger partial charge on any atom is 0.328 e. The van der Waals surface area contributed by atoms with E-state index in [9.17, 15) is 4.79 Å². The summed E-state index contributed by atoms with van der Waals surface area (Å²) in [6.45, 7) is 1.31. The van der Waals surface area contributed by atoms with Gasteiger partial charge in [0.25, 0.3) is 0 Å². The number of hydrogen-bond donors (Lipinski definition) is 2. The number of benzene rings is 1. The lowest BCUT2D eigenvalue weighted by Crippen LogP contribution is -2.33. The van der Waals surface area contributed by atoms with Crippen molar-refractivity contribution < 1.29 is 24.1 Å². The van der Waals surface area contributed by atoms with Gasteiger partial charge in [-0.05, 0) is 12.1 Å². The second-order valence-electron chi connectivity index (χ2n) is 4.20. The van der Waals surface area contributed by atoms with Crippen LogP contribution in [0.3, 0.4) is 0 Å². The van der Waals surface area contributed by atoms with E-state index in [4.69, 9.17) is 19.3 Å². The Hall–Kier alpha value is -1.95. The average Bonchev–Trinajstić information content (AvgIpc) is 2.62. The molecular formula is C13H17NO5. The number of aliphatic carboxylic acids is 1. The average molecular weight is 267 g/mol. The van der Waals surface area contributed by atoms with E-state index in [-0.39, 0.29) is 6.61 Å². The van der Waals surface area contributed by atoms with Crippen LogP contribution in [0.1, 0.15) is 6.42 Å². The van der Waals surface area contributed by atoms with Crippen LogP contribution in [0.4, 0.5) is 5.69 Å². The molecule has 1 aliphatic heterocycles. The van der Waals surface area contributed by atoms with Gasteiger partial charge in [-0.3, -0.25) is 0 Å². The predicted molar refractivity (Wildman–Crippen MR) is 69.0 cm³/mol. The van der Waals surface area contributed by atoms with E-state index >= 15 is 0 Å². The third-order valence-electron chi connectivity index (χ3n) is 2.72. The largest absolute Gasteiger partial charge is 0.490 e. The van der Waals surface area contributed by atoms with E-state index in [0.29, 0.717) is 30.4 Å². The van der Waals surface area contributed by atoms with E-state index in [2.05, 4.69) is 5.32 Å². The SMILES string of the molecule is COCC(Nc1ccc2c(c1)OCCCO2)C(=O)O. The Balaban J connectivity index is 2.12. The van der Waals surface area contributed by atoms with Crippen molar-refractivity contribution in [1.82, 2.24) is 0 Å². The number of rotatable bonds is 5. The molecule has 0 saturated carbocycles. The number of methoxy groups -OCH3 is 1. The van der Waals surface area contributed by atoms with Crippen LogP contribution in [-0.2, 0) is 9.53 Å². The van der Waals surface area contributed by atoms with Crippen LogP contribution in [0.2, 0.25) is 0 Å². The summed E-state index contributed by atoms with van der Waals surface area (Å²) in [6, 6.07) is 4.48. The molecule has 0 aromatic heterocycles. The summed E-state index contributed by atoms with van der Waals surface area (Å²) in [5, 5.41) is 11.9. The van der Waals surface area contributed by atoms with Crippen molar-refractivity contribution in [2.75, 3.05) is 32.2 Å². The molecule has 1 atom stereocenters. The zero-order valence-corrected chi connectivity index (χ0v) is 10.7. The standard InChI is InChI=1S/C13H17NO5/c1-17-8-10(13(15)16)14-9-3-4-11-12(7-9)19-6-2-5-18-11/h3-4,7,10,14H,2,5-6,8H2,1H3,(H,15,16). The van der Waals surface area contributed by atoms with Gasteiger partial charge >= 0.3 is 5.97 Å². The number of carbonyl (C=O) groups is 1. The smallest absolute Gasteiger partial charge is 0.328 e. The maximum absolute atomic E-state index is 11.0. The van der Waals surface area contributed by atoms with Crippen LogP contribution in [0, 0.1) is 0 Å². The normalized spacial score (nSPS) is 15.4. The van der Waals surface area contributed by atoms with Crippen molar-refractivity contribution in [3.05, 3.63) is 18.2 Å². The number of hydrogen-bond acceptors (Lipinski definition) is 5. The third kappa shape index (κ3) is 3.51. The number of fused-ring (bicyclic) bond motifs is 1. The van der Waals surface area contributed by atoms with Gasteiger partial charge in [0, 0.05) is 25.3 Å². The van der Waals surface area contributed by atoms with Gasteiger partial charge in [0.2, 0.25) is 0 Å². The van der Waals surface area contributed by atoms with Crippen molar-refractivity contribution in [2.24, 2.45) is 0 Å². The second-order valence-corrected chi connectivity index (χ2v) is 4.20. The number of anilines is 1. The topological polar surface area (TPSA) is 77.0 Å². The zero-order chi connectivity index (χ0) is 13.7. The molecule has 0 bridgehead atoms. The van der Waals surface area contributed by atoms with Gasteiger partial charge in [0.1, 0.15) is 6.04 Å². The summed E-state index contributed by atoms with van der Waals surface area (Å²) in [7, 11) is 1.46. The van der Waals surface area contributed by atoms with Crippen LogP contribution in [0.15, 0.2) is 18.2 Å². The van der Waals surface area contributed by atoms with E-state index in [0.717, 1.165) is 6.42 Å². The molecule has 6 heteroatoms. The molecule has 2 rings (SSSR count). The van der Waals surface area contributed by atoms with Gasteiger partial charge in [0.05, 0.1) is 19.8 Å². The Morgan fingerprint density at radius 1 is 1.42 bits per heavy atom. The van der Waals surface area contributed by atoms with E-state index in [1.54, 1.807) is 18.2 Å². The Kier molecular flexibility index (Phi) is 4.46. The molecule has 1 heterocycles. The van der Waals surface area contributed by atoms with Crippen molar-refractivity contribution >= 4 is 11.7 Å². The van der Waals surface area contributed by atoms with Gasteiger partial charge in [-0.25, -0.2) is 4.79 Å². The molecule has 1 aliphatic rings. The zero-order valence-electron chi connectivity index (χ0n) is 10.7. The third-order valence-corrected chi connectivity index (χ3v) is 2.72. The number of carboxylic acid groups (broad SMARTS) is 1. The molecule has 1 aromatic rings. The van der Waals surface area contributed by atoms with Crippen molar-refractivity contribution in [1.29, 1.82) is 0 Å². The highest BCUT2D eigenvalue weighted by Gasteiger charge is 2.18. The highest BCUT2D eigenvalue weighted by Crippen LogP contribution is 2.32. The molecule has 0 radical (unpaired) electrons. The van der Waals surface area contributed by atoms with E-state index in [1.807, 2.05) is 0 Å². The van der Waals surface area contributed by atoms with Gasteiger partial charge in [-0.15, -0.1) is 0 Å². The first-order valence-electron chi connectivity index (χ1n) is 6.08. The Morgan fingerprint density at radius 2 is 2.16 bits per heavy atom. The highest BCUT2D eigenvalue weighted by atomic mass is 16.5. The van der Waals surface area contributed by atoms with E-state index in [1.165, 1.54) is 7.11 Å². The molecule has 2 N–H and O–H groups in total. The molecule has 1 unspecified atom stereocenters. The molecule has 0 amide bonds. The minimum absolute atomic E-state index is 0.0871. The van der Waals surface area contributed by atoms with Crippen molar-refractivity contribution in [3.8, 4) is 11.5 Å². The Labute approximate surface area is 111 Å². The molecular weight excluding hydrogens is 250 g/mol. The fraction of sp³-hybridized carbons (Fsp3) is 0.462. The minimum Gasteiger partial charge on any atom is -0.490 e. The van der Waals surface area contributed by atoms with Crippen LogP contribution >= 0.6 is 0 Å². The maximum atomic E-state index is 11.0. The number of nitrogens with one attached hydrogen (secondary N) is 1. The first-order chi connectivity index (χ1) is 9.20. The predicted octanol–water partition coefficient (Wildman–Crippen LogP) is 1.36. The quantitative estimate of drug-likeness (QED) is 0.838. The molecule has 0 spiro atoms. The summed E-state index contributed by atoms with van der Waals surface area (Å²) in [6.07, 6.45) is 0.832. The highest BCUT2D eigenvalue weighted by molar-refractivity contribution is 5.77. The molecule has 1 aromatic carbocycles. The summed E-state index contributed by atoms with van der Waals surface area (Å²) in [5.41, 5.74) is 0.661. The Bertz CT molecular complexity index is 449. The van der Waals surface area contributed by atoms with Gasteiger partial charge in [0.15, 0.2) is 11.5 Å². The molecule has 0 aliphatic carbocycles. The second kappa shape index (κ2) is 6.29. The summed E-state index contributed by atoms with van der Waals surface area (Å²) in [5.74, 6) is 0.347. The molecule has 0 fully saturated rings. The molecule has 19 heavy (non-hydrogen) atoms. The van der Waals surface area contributed by atoms with Crippen LogP contribution in [0.5, 0.6) is 11.5 Å². The first kappa shape index (κ1) is 13.5. The lowest BCUT2D eigenvalue weighted by molar-refractivity contribution is -0.139. The van der Waals surface area contributed by atoms with Crippen molar-refractivity contribution in [3.63, 3.8) is 0 Å².